The van der Waals surface area contributed by atoms with Crippen molar-refractivity contribution in [1.29, 1.82) is 0 Å². The van der Waals surface area contributed by atoms with Gasteiger partial charge in [-0.1, -0.05) is 11.6 Å². The molecule has 0 atom stereocenters. The monoisotopic (exact) mass is 298 g/mol. The first-order valence-electron chi connectivity index (χ1n) is 6.51. The van der Waals surface area contributed by atoms with E-state index in [1.165, 1.54) is 12.1 Å². The molecule has 1 aliphatic heterocycles. The molecule has 0 aliphatic carbocycles. The van der Waals surface area contributed by atoms with Gasteiger partial charge in [-0.3, -0.25) is 9.69 Å². The van der Waals surface area contributed by atoms with Gasteiger partial charge in [0.05, 0.1) is 12.2 Å². The minimum Gasteiger partial charge on any atom is -0.322 e. The van der Waals surface area contributed by atoms with Gasteiger partial charge in [0.1, 0.15) is 12.1 Å². The molecule has 1 aromatic rings. The van der Waals surface area contributed by atoms with Crippen molar-refractivity contribution in [3.63, 3.8) is 0 Å². The zero-order valence-electron chi connectivity index (χ0n) is 10.9. The second kappa shape index (κ2) is 6.81. The van der Waals surface area contributed by atoms with Crippen LogP contribution in [0.15, 0.2) is 18.2 Å². The lowest BCUT2D eigenvalue weighted by Gasteiger charge is -2.28. The van der Waals surface area contributed by atoms with Crippen LogP contribution in [0.3, 0.4) is 0 Å². The third-order valence-electron chi connectivity index (χ3n) is 3.40. The number of halogens is 2. The molecule has 1 aliphatic rings. The van der Waals surface area contributed by atoms with E-state index in [9.17, 15) is 14.0 Å². The van der Waals surface area contributed by atoms with Crippen molar-refractivity contribution >= 4 is 29.5 Å². The van der Waals surface area contributed by atoms with Crippen molar-refractivity contribution in [3.8, 4) is 0 Å². The molecule has 108 valence electrons. The summed E-state index contributed by atoms with van der Waals surface area (Å²) in [4.78, 5) is 24.5. The van der Waals surface area contributed by atoms with Crippen molar-refractivity contribution in [2.75, 3.05) is 25.0 Å². The quantitative estimate of drug-likeness (QED) is 0.868. The maximum absolute atomic E-state index is 13.5. The van der Waals surface area contributed by atoms with Gasteiger partial charge in [-0.15, -0.1) is 0 Å². The molecule has 1 amide bonds. The maximum Gasteiger partial charge on any atom is 0.238 e. The van der Waals surface area contributed by atoms with E-state index in [0.29, 0.717) is 13.1 Å². The van der Waals surface area contributed by atoms with E-state index in [1.54, 1.807) is 0 Å². The normalized spacial score (nSPS) is 16.9. The van der Waals surface area contributed by atoms with Crippen LogP contribution in [0.4, 0.5) is 10.1 Å². The first-order valence-corrected chi connectivity index (χ1v) is 6.89. The Balaban J connectivity index is 1.85. The van der Waals surface area contributed by atoms with Crippen molar-refractivity contribution in [3.05, 3.63) is 29.0 Å². The largest absolute Gasteiger partial charge is 0.322 e. The molecular formula is C14H16ClFN2O2. The van der Waals surface area contributed by atoms with Gasteiger partial charge < -0.3 is 10.1 Å². The Morgan fingerprint density at radius 2 is 2.15 bits per heavy atom. The predicted octanol–water partition coefficient (Wildman–Crippen LogP) is 2.33. The fourth-order valence-electron chi connectivity index (χ4n) is 2.23. The third kappa shape index (κ3) is 4.02. The summed E-state index contributed by atoms with van der Waals surface area (Å²) in [6, 6.07) is 4.12. The summed E-state index contributed by atoms with van der Waals surface area (Å²) >= 11 is 5.65. The minimum absolute atomic E-state index is 0.100. The molecule has 1 aromatic carbocycles. The molecule has 0 unspecified atom stereocenters. The van der Waals surface area contributed by atoms with Crippen molar-refractivity contribution < 1.29 is 14.0 Å². The van der Waals surface area contributed by atoms with Gasteiger partial charge in [-0.2, -0.15) is 0 Å². The lowest BCUT2D eigenvalue weighted by Crippen LogP contribution is -2.39. The van der Waals surface area contributed by atoms with Crippen LogP contribution in [-0.4, -0.2) is 36.7 Å². The molecule has 0 bridgehead atoms. The van der Waals surface area contributed by atoms with Crippen LogP contribution in [0.25, 0.3) is 0 Å². The molecular weight excluding hydrogens is 283 g/mol. The average molecular weight is 299 g/mol. The number of benzene rings is 1. The van der Waals surface area contributed by atoms with Crippen LogP contribution in [0.2, 0.25) is 5.02 Å². The molecule has 0 spiro atoms. The Kier molecular flexibility index (Phi) is 5.09. The van der Waals surface area contributed by atoms with Crippen LogP contribution < -0.4 is 5.32 Å². The van der Waals surface area contributed by atoms with E-state index in [0.717, 1.165) is 25.2 Å². The summed E-state index contributed by atoms with van der Waals surface area (Å²) in [6.07, 6.45) is 2.51. The fourth-order valence-corrected chi connectivity index (χ4v) is 2.39. The van der Waals surface area contributed by atoms with Crippen molar-refractivity contribution in [2.45, 2.75) is 12.8 Å². The number of carbonyl (C=O) groups excluding carboxylic acids is 2. The summed E-state index contributed by atoms with van der Waals surface area (Å²) in [5.74, 6) is -0.718. The highest BCUT2D eigenvalue weighted by molar-refractivity contribution is 6.30. The summed E-state index contributed by atoms with van der Waals surface area (Å²) in [5.41, 5.74) is 0.127. The molecule has 1 saturated heterocycles. The van der Waals surface area contributed by atoms with Crippen LogP contribution in [-0.2, 0) is 9.59 Å². The molecule has 4 nitrogen and oxygen atoms in total. The Morgan fingerprint density at radius 1 is 1.45 bits per heavy atom. The highest BCUT2D eigenvalue weighted by Gasteiger charge is 2.20. The van der Waals surface area contributed by atoms with Gasteiger partial charge in [-0.05, 0) is 44.1 Å². The number of likely N-dealkylation sites (tertiary alicyclic amines) is 1. The number of nitrogens with one attached hydrogen (secondary N) is 1. The number of hydrogen-bond acceptors (Lipinski definition) is 3. The van der Waals surface area contributed by atoms with Gasteiger partial charge in [0.15, 0.2) is 0 Å². The number of amides is 1. The summed E-state index contributed by atoms with van der Waals surface area (Å²) in [6.45, 7) is 1.62. The van der Waals surface area contributed by atoms with E-state index in [1.807, 2.05) is 4.90 Å². The van der Waals surface area contributed by atoms with E-state index in [-0.39, 0.29) is 29.1 Å². The highest BCUT2D eigenvalue weighted by Crippen LogP contribution is 2.19. The van der Waals surface area contributed by atoms with Crippen molar-refractivity contribution in [1.82, 2.24) is 4.90 Å². The first kappa shape index (κ1) is 14.9. The highest BCUT2D eigenvalue weighted by atomic mass is 35.5. The summed E-state index contributed by atoms with van der Waals surface area (Å²) in [5, 5.41) is 2.81. The number of aldehydes is 1. The second-order valence-corrected chi connectivity index (χ2v) is 5.36. The third-order valence-corrected chi connectivity index (χ3v) is 3.63. The van der Waals surface area contributed by atoms with Crippen LogP contribution in [0.1, 0.15) is 12.8 Å². The Bertz CT molecular complexity index is 502. The lowest BCUT2D eigenvalue weighted by molar-refractivity contribution is -0.117. The SMILES string of the molecule is O=CC1CCN(CC(=O)Nc2ccc(Cl)cc2F)CC1. The van der Waals surface area contributed by atoms with Crippen LogP contribution in [0, 0.1) is 11.7 Å². The van der Waals surface area contributed by atoms with Gasteiger partial charge >= 0.3 is 0 Å². The number of rotatable bonds is 4. The summed E-state index contributed by atoms with van der Waals surface area (Å²) in [7, 11) is 0. The van der Waals surface area contributed by atoms with E-state index >= 15 is 0 Å². The number of hydrogen-bond donors (Lipinski definition) is 1. The van der Waals surface area contributed by atoms with E-state index in [4.69, 9.17) is 11.6 Å². The maximum atomic E-state index is 13.5. The average Bonchev–Trinajstić information content (AvgIpc) is 2.43. The molecule has 2 rings (SSSR count). The van der Waals surface area contributed by atoms with Gasteiger partial charge in [0, 0.05) is 10.9 Å². The Labute approximate surface area is 121 Å². The van der Waals surface area contributed by atoms with Gasteiger partial charge in [-0.25, -0.2) is 4.39 Å². The van der Waals surface area contributed by atoms with Gasteiger partial charge in [0.25, 0.3) is 0 Å². The minimum atomic E-state index is -0.550. The summed E-state index contributed by atoms with van der Waals surface area (Å²) < 4.78 is 13.5. The number of anilines is 1. The lowest BCUT2D eigenvalue weighted by atomic mass is 9.99. The fraction of sp³-hybridized carbons (Fsp3) is 0.429. The zero-order chi connectivity index (χ0) is 14.5. The Morgan fingerprint density at radius 3 is 2.75 bits per heavy atom. The predicted molar refractivity (Wildman–Crippen MR) is 75.3 cm³/mol. The van der Waals surface area contributed by atoms with Crippen LogP contribution in [0.5, 0.6) is 0 Å². The standard InChI is InChI=1S/C14H16ClFN2O2/c15-11-1-2-13(12(16)7-11)17-14(20)8-18-5-3-10(9-19)4-6-18/h1-2,7,9-10H,3-6,8H2,(H,17,20). The zero-order valence-corrected chi connectivity index (χ0v) is 11.7. The number of carbonyl (C=O) groups is 2. The molecule has 1 fully saturated rings. The van der Waals surface area contributed by atoms with E-state index in [2.05, 4.69) is 5.32 Å². The first-order chi connectivity index (χ1) is 9.58. The molecule has 6 heteroatoms. The molecule has 20 heavy (non-hydrogen) atoms. The van der Waals surface area contributed by atoms with E-state index < -0.39 is 5.82 Å². The smallest absolute Gasteiger partial charge is 0.238 e. The second-order valence-electron chi connectivity index (χ2n) is 4.92. The molecule has 0 radical (unpaired) electrons. The molecule has 1 heterocycles. The Hall–Kier alpha value is -1.46. The molecule has 0 saturated carbocycles. The van der Waals surface area contributed by atoms with Gasteiger partial charge in [0.2, 0.25) is 5.91 Å². The van der Waals surface area contributed by atoms with Crippen molar-refractivity contribution in [2.24, 2.45) is 5.92 Å². The topological polar surface area (TPSA) is 49.4 Å². The number of piperidine rings is 1. The van der Waals surface area contributed by atoms with Crippen LogP contribution >= 0.6 is 11.6 Å². The number of nitrogens with zero attached hydrogens (tertiary/aromatic N) is 1. The molecule has 1 N–H and O–H groups in total. The molecule has 0 aromatic heterocycles.